The molecule has 1 amide bonds. The van der Waals surface area contributed by atoms with E-state index < -0.39 is 23.6 Å². The summed E-state index contributed by atoms with van der Waals surface area (Å²) < 4.78 is 10.1. The predicted molar refractivity (Wildman–Crippen MR) is 101 cm³/mol. The van der Waals surface area contributed by atoms with Gasteiger partial charge < -0.3 is 25.0 Å². The summed E-state index contributed by atoms with van der Waals surface area (Å²) in [5.74, 6) is -4.49. The molecule has 0 heterocycles. The number of esters is 1. The number of carboxylic acid groups (broad SMARTS) is 1. The van der Waals surface area contributed by atoms with Crippen LogP contribution in [-0.2, 0) is 19.1 Å². The third-order valence-electron chi connectivity index (χ3n) is 3.53. The average molecular weight is 391 g/mol. The fourth-order valence-corrected chi connectivity index (χ4v) is 2.40. The summed E-state index contributed by atoms with van der Waals surface area (Å²) in [6.07, 6.45) is 4.30. The van der Waals surface area contributed by atoms with Gasteiger partial charge in [0.15, 0.2) is 0 Å². The first-order chi connectivity index (χ1) is 13.2. The Labute approximate surface area is 163 Å². The van der Waals surface area contributed by atoms with Crippen molar-refractivity contribution in [1.29, 1.82) is 0 Å². The highest BCUT2D eigenvalue weighted by molar-refractivity contribution is 5.87. The summed E-state index contributed by atoms with van der Waals surface area (Å²) in [5.41, 5.74) is 0.710. The third kappa shape index (κ3) is 6.98. The summed E-state index contributed by atoms with van der Waals surface area (Å²) in [7, 11) is 0. The summed E-state index contributed by atoms with van der Waals surface area (Å²) in [5, 5.41) is 21.3. The highest BCUT2D eigenvalue weighted by atomic mass is 16.6. The quantitative estimate of drug-likeness (QED) is 0.500. The molecule has 28 heavy (non-hydrogen) atoms. The largest absolute Gasteiger partial charge is 0.478 e. The number of benzene rings is 1. The molecule has 2 atom stereocenters. The van der Waals surface area contributed by atoms with E-state index in [2.05, 4.69) is 5.32 Å². The van der Waals surface area contributed by atoms with Crippen molar-refractivity contribution in [3.8, 4) is 0 Å². The minimum absolute atomic E-state index is 0.212. The number of aliphatic hydroxyl groups is 1. The highest BCUT2D eigenvalue weighted by Gasteiger charge is 2.42. The van der Waals surface area contributed by atoms with Crippen LogP contribution in [0, 0.1) is 5.92 Å². The second kappa shape index (κ2) is 11.0. The number of carbonyl (C=O) groups excluding carboxylic acids is 2. The molecule has 3 N–H and O–H groups in total. The van der Waals surface area contributed by atoms with Gasteiger partial charge >= 0.3 is 11.9 Å². The zero-order chi connectivity index (χ0) is 21.2. The van der Waals surface area contributed by atoms with Crippen molar-refractivity contribution in [2.45, 2.75) is 26.6 Å². The van der Waals surface area contributed by atoms with E-state index >= 15 is 0 Å². The molecule has 1 aliphatic rings. The number of carboxylic acids is 1. The fourth-order valence-electron chi connectivity index (χ4n) is 2.40. The van der Waals surface area contributed by atoms with Gasteiger partial charge in [0.2, 0.25) is 11.7 Å². The van der Waals surface area contributed by atoms with Crippen molar-refractivity contribution in [3.63, 3.8) is 0 Å². The molecule has 2 unspecified atom stereocenters. The molecule has 8 heteroatoms. The first-order valence-electron chi connectivity index (χ1n) is 8.73. The standard InChI is InChI=1S/C13H19NO5.C7H6O2/c1-4-18-12(16)11-7-6-10(14-9(3)15)8-13(11,17)19-5-2;8-7(9)6-4-2-1-3-5-6/h6-8,11,17H,4-5H2,1-3H3,(H,14,15);1-5H,(H,8,9). The van der Waals surface area contributed by atoms with Gasteiger partial charge in [-0.2, -0.15) is 0 Å². The highest BCUT2D eigenvalue weighted by Crippen LogP contribution is 2.29. The summed E-state index contributed by atoms with van der Waals surface area (Å²) in [4.78, 5) is 33.0. The second-order valence-electron chi connectivity index (χ2n) is 5.73. The minimum atomic E-state index is -1.81. The monoisotopic (exact) mass is 391 g/mol. The number of rotatable bonds is 6. The first-order valence-corrected chi connectivity index (χ1v) is 8.73. The first kappa shape index (κ1) is 23.1. The van der Waals surface area contributed by atoms with Crippen LogP contribution in [-0.4, -0.2) is 47.1 Å². The lowest BCUT2D eigenvalue weighted by Crippen LogP contribution is -2.45. The van der Waals surface area contributed by atoms with Crippen LogP contribution < -0.4 is 5.32 Å². The van der Waals surface area contributed by atoms with Crippen LogP contribution in [0.3, 0.4) is 0 Å². The molecular formula is C20H25NO7. The van der Waals surface area contributed by atoms with Gasteiger partial charge in [-0.1, -0.05) is 24.3 Å². The van der Waals surface area contributed by atoms with Crippen LogP contribution in [0.25, 0.3) is 0 Å². The molecular weight excluding hydrogens is 366 g/mol. The SMILES string of the molecule is CCOC(=O)C1C=CC(NC(C)=O)=CC1(O)OCC.O=C(O)c1ccccc1. The fraction of sp³-hybridized carbons (Fsp3) is 0.350. The zero-order valence-corrected chi connectivity index (χ0v) is 16.0. The van der Waals surface area contributed by atoms with E-state index in [1.807, 2.05) is 0 Å². The maximum absolute atomic E-state index is 11.8. The number of ether oxygens (including phenoxy) is 2. The minimum Gasteiger partial charge on any atom is -0.478 e. The maximum atomic E-state index is 11.8. The van der Waals surface area contributed by atoms with Crippen molar-refractivity contribution < 1.29 is 34.1 Å². The molecule has 0 spiro atoms. The van der Waals surface area contributed by atoms with Crippen molar-refractivity contribution >= 4 is 17.8 Å². The molecule has 0 saturated carbocycles. The molecule has 8 nitrogen and oxygen atoms in total. The summed E-state index contributed by atoms with van der Waals surface area (Å²) in [6.45, 7) is 5.16. The van der Waals surface area contributed by atoms with E-state index in [1.54, 1.807) is 44.2 Å². The van der Waals surface area contributed by atoms with Gasteiger partial charge in [-0.05, 0) is 38.1 Å². The van der Waals surface area contributed by atoms with Gasteiger partial charge in [-0.25, -0.2) is 4.79 Å². The van der Waals surface area contributed by atoms with E-state index in [0.717, 1.165) is 0 Å². The third-order valence-corrected chi connectivity index (χ3v) is 3.53. The molecule has 2 rings (SSSR count). The number of hydrogen-bond donors (Lipinski definition) is 3. The van der Waals surface area contributed by atoms with Crippen LogP contribution >= 0.6 is 0 Å². The normalized spacial score (nSPS) is 20.3. The maximum Gasteiger partial charge on any atom is 0.335 e. The van der Waals surface area contributed by atoms with Crippen molar-refractivity contribution in [3.05, 3.63) is 59.8 Å². The molecule has 152 valence electrons. The molecule has 0 aromatic heterocycles. The van der Waals surface area contributed by atoms with Crippen molar-refractivity contribution in [2.75, 3.05) is 13.2 Å². The van der Waals surface area contributed by atoms with Crippen LogP contribution in [0.15, 0.2) is 54.3 Å². The Hall–Kier alpha value is -2.97. The van der Waals surface area contributed by atoms with Gasteiger partial charge in [0, 0.05) is 19.2 Å². The number of aromatic carboxylic acids is 1. The lowest BCUT2D eigenvalue weighted by Gasteiger charge is -2.32. The molecule has 0 radical (unpaired) electrons. The Morgan fingerprint density at radius 1 is 1.14 bits per heavy atom. The summed E-state index contributed by atoms with van der Waals surface area (Å²) in [6, 6.07) is 8.30. The molecule has 0 fully saturated rings. The zero-order valence-electron chi connectivity index (χ0n) is 16.0. The Morgan fingerprint density at radius 3 is 2.25 bits per heavy atom. The van der Waals surface area contributed by atoms with Crippen LogP contribution in [0.5, 0.6) is 0 Å². The number of nitrogens with one attached hydrogen (secondary N) is 1. The van der Waals surface area contributed by atoms with Crippen molar-refractivity contribution in [2.24, 2.45) is 5.92 Å². The van der Waals surface area contributed by atoms with Crippen molar-refractivity contribution in [1.82, 2.24) is 5.32 Å². The Balaban J connectivity index is 0.000000362. The van der Waals surface area contributed by atoms with Crippen LogP contribution in [0.4, 0.5) is 0 Å². The van der Waals surface area contributed by atoms with E-state index in [9.17, 15) is 19.5 Å². The number of amides is 1. The molecule has 0 bridgehead atoms. The Morgan fingerprint density at radius 2 is 1.79 bits per heavy atom. The van der Waals surface area contributed by atoms with E-state index in [1.165, 1.54) is 25.2 Å². The molecule has 1 aromatic carbocycles. The average Bonchev–Trinajstić information content (AvgIpc) is 2.62. The molecule has 0 saturated heterocycles. The number of hydrogen-bond acceptors (Lipinski definition) is 6. The van der Waals surface area contributed by atoms with E-state index in [4.69, 9.17) is 14.6 Å². The van der Waals surface area contributed by atoms with Crippen LogP contribution in [0.2, 0.25) is 0 Å². The summed E-state index contributed by atoms with van der Waals surface area (Å²) >= 11 is 0. The van der Waals surface area contributed by atoms with E-state index in [-0.39, 0.29) is 19.1 Å². The van der Waals surface area contributed by atoms with Gasteiger partial charge in [0.1, 0.15) is 5.92 Å². The molecule has 0 aliphatic heterocycles. The smallest absolute Gasteiger partial charge is 0.335 e. The molecule has 1 aromatic rings. The predicted octanol–water partition coefficient (Wildman–Crippen LogP) is 1.87. The Bertz CT molecular complexity index is 742. The lowest BCUT2D eigenvalue weighted by atomic mass is 9.92. The van der Waals surface area contributed by atoms with Gasteiger partial charge in [-0.3, -0.25) is 9.59 Å². The van der Waals surface area contributed by atoms with Gasteiger partial charge in [0.25, 0.3) is 0 Å². The van der Waals surface area contributed by atoms with Crippen LogP contribution in [0.1, 0.15) is 31.1 Å². The lowest BCUT2D eigenvalue weighted by molar-refractivity contribution is -0.203. The van der Waals surface area contributed by atoms with E-state index in [0.29, 0.717) is 11.3 Å². The second-order valence-corrected chi connectivity index (χ2v) is 5.73. The number of allylic oxidation sites excluding steroid dienone is 1. The van der Waals surface area contributed by atoms with Gasteiger partial charge in [0.05, 0.1) is 12.2 Å². The topological polar surface area (TPSA) is 122 Å². The Kier molecular flexibility index (Phi) is 9.07. The number of carbonyl (C=O) groups is 3. The van der Waals surface area contributed by atoms with Gasteiger partial charge in [-0.15, -0.1) is 0 Å². The molecule has 1 aliphatic carbocycles.